The smallest absolute Gasteiger partial charge is 0.292 e. The van der Waals surface area contributed by atoms with Crippen LogP contribution in [0.5, 0.6) is 0 Å². The minimum absolute atomic E-state index is 0.0892. The van der Waals surface area contributed by atoms with Crippen LogP contribution >= 0.6 is 0 Å². The summed E-state index contributed by atoms with van der Waals surface area (Å²) in [5.41, 5.74) is 1.85. The number of aryl methyl sites for hydroxylation is 1. The Morgan fingerprint density at radius 2 is 2.00 bits per heavy atom. The van der Waals surface area contributed by atoms with Gasteiger partial charge in [0, 0.05) is 25.7 Å². The molecule has 1 aliphatic heterocycles. The van der Waals surface area contributed by atoms with Crippen LogP contribution in [0.3, 0.4) is 0 Å². The summed E-state index contributed by atoms with van der Waals surface area (Å²) in [5.74, 6) is 0.230. The number of hydrogen-bond acceptors (Lipinski definition) is 4. The van der Waals surface area contributed by atoms with Gasteiger partial charge in [0.05, 0.1) is 5.69 Å². The maximum absolute atomic E-state index is 12.7. The Kier molecular flexibility index (Phi) is 5.08. The van der Waals surface area contributed by atoms with Crippen molar-refractivity contribution in [2.24, 2.45) is 0 Å². The molecule has 1 saturated heterocycles. The molecule has 1 aromatic heterocycles. The molecule has 0 radical (unpaired) electrons. The van der Waals surface area contributed by atoms with Gasteiger partial charge in [0.15, 0.2) is 0 Å². The first-order chi connectivity index (χ1) is 11.2. The lowest BCUT2D eigenvalue weighted by molar-refractivity contribution is 0.0685. The standard InChI is InChI=1S/C18H23N3O2/c1-15-13-17(23-19-15)18(22)21(12-11-20-9-5-6-10-20)14-16-7-3-2-4-8-16/h2-4,7-8,13H,5-6,9-12,14H2,1H3. The monoisotopic (exact) mass is 313 g/mol. The molecular weight excluding hydrogens is 290 g/mol. The summed E-state index contributed by atoms with van der Waals surface area (Å²) < 4.78 is 5.16. The van der Waals surface area contributed by atoms with Crippen LogP contribution < -0.4 is 0 Å². The average molecular weight is 313 g/mol. The van der Waals surface area contributed by atoms with Crippen LogP contribution in [0.15, 0.2) is 40.9 Å². The molecule has 122 valence electrons. The van der Waals surface area contributed by atoms with Crippen LogP contribution in [0, 0.1) is 6.92 Å². The number of carbonyl (C=O) groups is 1. The van der Waals surface area contributed by atoms with Gasteiger partial charge in [-0.1, -0.05) is 35.5 Å². The van der Waals surface area contributed by atoms with Crippen LogP contribution in [-0.2, 0) is 6.54 Å². The molecular formula is C18H23N3O2. The van der Waals surface area contributed by atoms with Gasteiger partial charge in [-0.2, -0.15) is 0 Å². The topological polar surface area (TPSA) is 49.6 Å². The molecule has 0 unspecified atom stereocenters. The molecule has 0 atom stereocenters. The van der Waals surface area contributed by atoms with Crippen LogP contribution in [0.2, 0.25) is 0 Å². The van der Waals surface area contributed by atoms with Crippen molar-refractivity contribution in [2.75, 3.05) is 26.2 Å². The summed E-state index contributed by atoms with van der Waals surface area (Å²) in [5, 5.41) is 3.83. The second-order valence-corrected chi connectivity index (χ2v) is 6.09. The summed E-state index contributed by atoms with van der Waals surface area (Å²) >= 11 is 0. The Labute approximate surface area is 136 Å². The van der Waals surface area contributed by atoms with Crippen LogP contribution in [0.4, 0.5) is 0 Å². The zero-order chi connectivity index (χ0) is 16.1. The van der Waals surface area contributed by atoms with Gasteiger partial charge in [0.25, 0.3) is 5.91 Å². The van der Waals surface area contributed by atoms with E-state index < -0.39 is 0 Å². The Morgan fingerprint density at radius 3 is 2.65 bits per heavy atom. The van der Waals surface area contributed by atoms with E-state index in [-0.39, 0.29) is 5.91 Å². The Bertz CT molecular complexity index is 633. The second-order valence-electron chi connectivity index (χ2n) is 6.09. The normalized spacial score (nSPS) is 15.0. The summed E-state index contributed by atoms with van der Waals surface area (Å²) in [7, 11) is 0. The maximum Gasteiger partial charge on any atom is 0.292 e. The maximum atomic E-state index is 12.7. The van der Waals surface area contributed by atoms with Gasteiger partial charge in [-0.3, -0.25) is 4.79 Å². The second kappa shape index (κ2) is 7.42. The van der Waals surface area contributed by atoms with E-state index in [2.05, 4.69) is 10.1 Å². The molecule has 3 rings (SSSR count). The fraction of sp³-hybridized carbons (Fsp3) is 0.444. The summed E-state index contributed by atoms with van der Waals surface area (Å²) in [6.45, 7) is 6.29. The Balaban J connectivity index is 1.70. The third-order valence-electron chi connectivity index (χ3n) is 4.23. The van der Waals surface area contributed by atoms with E-state index >= 15 is 0 Å². The van der Waals surface area contributed by atoms with E-state index in [1.807, 2.05) is 42.2 Å². The number of nitrogens with zero attached hydrogens (tertiary/aromatic N) is 3. The quantitative estimate of drug-likeness (QED) is 0.823. The van der Waals surface area contributed by atoms with Crippen molar-refractivity contribution >= 4 is 5.91 Å². The first kappa shape index (κ1) is 15.7. The van der Waals surface area contributed by atoms with E-state index in [1.54, 1.807) is 6.07 Å². The molecule has 23 heavy (non-hydrogen) atoms. The van der Waals surface area contributed by atoms with Gasteiger partial charge in [0.2, 0.25) is 5.76 Å². The van der Waals surface area contributed by atoms with E-state index in [0.717, 1.165) is 30.9 Å². The molecule has 0 spiro atoms. The number of benzene rings is 1. The molecule has 2 aromatic rings. The van der Waals surface area contributed by atoms with Crippen molar-refractivity contribution in [3.8, 4) is 0 Å². The van der Waals surface area contributed by atoms with E-state index in [9.17, 15) is 4.79 Å². The van der Waals surface area contributed by atoms with Crippen molar-refractivity contribution in [1.82, 2.24) is 15.0 Å². The number of aromatic nitrogens is 1. The van der Waals surface area contributed by atoms with Gasteiger partial charge in [-0.25, -0.2) is 0 Å². The SMILES string of the molecule is Cc1cc(C(=O)N(CCN2CCCC2)Cc2ccccc2)on1. The first-order valence-corrected chi connectivity index (χ1v) is 8.21. The highest BCUT2D eigenvalue weighted by Crippen LogP contribution is 2.13. The summed E-state index contributed by atoms with van der Waals surface area (Å²) in [4.78, 5) is 17.0. The Morgan fingerprint density at radius 1 is 1.26 bits per heavy atom. The van der Waals surface area contributed by atoms with Crippen LogP contribution in [-0.4, -0.2) is 47.0 Å². The van der Waals surface area contributed by atoms with Gasteiger partial charge in [0.1, 0.15) is 0 Å². The fourth-order valence-electron chi connectivity index (χ4n) is 2.94. The molecule has 0 N–H and O–H groups in total. The average Bonchev–Trinajstić information content (AvgIpc) is 3.23. The van der Waals surface area contributed by atoms with E-state index in [1.165, 1.54) is 12.8 Å². The number of amides is 1. The van der Waals surface area contributed by atoms with Crippen LogP contribution in [0.25, 0.3) is 0 Å². The number of rotatable bonds is 6. The minimum atomic E-state index is -0.0892. The van der Waals surface area contributed by atoms with Crippen molar-refractivity contribution < 1.29 is 9.32 Å². The zero-order valence-electron chi connectivity index (χ0n) is 13.6. The predicted octanol–water partition coefficient (Wildman–Crippen LogP) is 2.72. The van der Waals surface area contributed by atoms with E-state index in [4.69, 9.17) is 4.52 Å². The fourth-order valence-corrected chi connectivity index (χ4v) is 2.94. The number of hydrogen-bond donors (Lipinski definition) is 0. The summed E-state index contributed by atoms with van der Waals surface area (Å²) in [6, 6.07) is 11.8. The third kappa shape index (κ3) is 4.20. The lowest BCUT2D eigenvalue weighted by atomic mass is 10.2. The highest BCUT2D eigenvalue weighted by atomic mass is 16.5. The van der Waals surface area contributed by atoms with Crippen molar-refractivity contribution in [1.29, 1.82) is 0 Å². The third-order valence-corrected chi connectivity index (χ3v) is 4.23. The zero-order valence-corrected chi connectivity index (χ0v) is 13.6. The molecule has 1 amide bonds. The number of likely N-dealkylation sites (tertiary alicyclic amines) is 1. The molecule has 0 aliphatic carbocycles. The highest BCUT2D eigenvalue weighted by Gasteiger charge is 2.21. The van der Waals surface area contributed by atoms with Gasteiger partial charge in [-0.05, 0) is 38.4 Å². The molecule has 1 aliphatic rings. The molecule has 5 nitrogen and oxygen atoms in total. The largest absolute Gasteiger partial charge is 0.351 e. The predicted molar refractivity (Wildman–Crippen MR) is 88.1 cm³/mol. The van der Waals surface area contributed by atoms with Crippen LogP contribution in [0.1, 0.15) is 34.7 Å². The number of carbonyl (C=O) groups excluding carboxylic acids is 1. The van der Waals surface area contributed by atoms with Gasteiger partial charge < -0.3 is 14.3 Å². The lowest BCUT2D eigenvalue weighted by Crippen LogP contribution is -2.37. The van der Waals surface area contributed by atoms with E-state index in [0.29, 0.717) is 18.8 Å². The first-order valence-electron chi connectivity index (χ1n) is 8.21. The molecule has 5 heteroatoms. The molecule has 1 fully saturated rings. The highest BCUT2D eigenvalue weighted by molar-refractivity contribution is 5.91. The molecule has 2 heterocycles. The minimum Gasteiger partial charge on any atom is -0.351 e. The molecule has 1 aromatic carbocycles. The lowest BCUT2D eigenvalue weighted by Gasteiger charge is -2.24. The van der Waals surface area contributed by atoms with Crippen molar-refractivity contribution in [2.45, 2.75) is 26.3 Å². The molecule has 0 bridgehead atoms. The van der Waals surface area contributed by atoms with Crippen molar-refractivity contribution in [3.63, 3.8) is 0 Å². The van der Waals surface area contributed by atoms with Gasteiger partial charge in [-0.15, -0.1) is 0 Å². The van der Waals surface area contributed by atoms with Gasteiger partial charge >= 0.3 is 0 Å². The molecule has 0 saturated carbocycles. The van der Waals surface area contributed by atoms with Crippen molar-refractivity contribution in [3.05, 3.63) is 53.4 Å². The Hall–Kier alpha value is -2.14. The summed E-state index contributed by atoms with van der Waals surface area (Å²) in [6.07, 6.45) is 2.52.